The van der Waals surface area contributed by atoms with Crippen molar-refractivity contribution in [3.05, 3.63) is 41.8 Å². The van der Waals surface area contributed by atoms with Gasteiger partial charge in [-0.2, -0.15) is 0 Å². The second-order valence-corrected chi connectivity index (χ2v) is 4.66. The van der Waals surface area contributed by atoms with Crippen LogP contribution in [0.5, 0.6) is 0 Å². The Kier molecular flexibility index (Phi) is 2.54. The maximum Gasteiger partial charge on any atom is 0.0415 e. The first-order valence-electron chi connectivity index (χ1n) is 4.98. The van der Waals surface area contributed by atoms with Crippen molar-refractivity contribution in [2.24, 2.45) is 11.7 Å². The number of nitrogens with two attached hydrogens (primary N) is 1. The molecule has 0 aliphatic heterocycles. The predicted molar refractivity (Wildman–Crippen MR) is 60.0 cm³/mol. The third kappa shape index (κ3) is 1.67. The highest BCUT2D eigenvalue weighted by Crippen LogP contribution is 2.44. The van der Waals surface area contributed by atoms with E-state index in [2.05, 4.69) is 6.92 Å². The Morgan fingerprint density at radius 3 is 2.43 bits per heavy atom. The normalized spacial score (nSPS) is 31.2. The maximum absolute atomic E-state index is 6.27. The minimum Gasteiger partial charge on any atom is -0.321 e. The lowest BCUT2D eigenvalue weighted by Gasteiger charge is -2.45. The van der Waals surface area contributed by atoms with Crippen molar-refractivity contribution in [2.75, 3.05) is 0 Å². The molecule has 0 atom stereocenters. The van der Waals surface area contributed by atoms with Crippen molar-refractivity contribution in [3.63, 3.8) is 0 Å². The van der Waals surface area contributed by atoms with E-state index in [1.165, 1.54) is 5.56 Å². The zero-order chi connectivity index (χ0) is 10.2. The molecule has 0 amide bonds. The summed E-state index contributed by atoms with van der Waals surface area (Å²) in [6.45, 7) is 3.90. The third-order valence-electron chi connectivity index (χ3n) is 3.13. The molecule has 75 valence electrons. The number of benzene rings is 1. The van der Waals surface area contributed by atoms with Crippen molar-refractivity contribution < 1.29 is 0 Å². The summed E-state index contributed by atoms with van der Waals surface area (Å²) in [5.41, 5.74) is 7.35. The third-order valence-corrected chi connectivity index (χ3v) is 3.39. The van der Waals surface area contributed by atoms with Gasteiger partial charge in [0, 0.05) is 10.6 Å². The topological polar surface area (TPSA) is 26.0 Å². The molecule has 1 aliphatic rings. The molecule has 0 bridgehead atoms. The van der Waals surface area contributed by atoms with Gasteiger partial charge in [-0.1, -0.05) is 37.1 Å². The van der Waals surface area contributed by atoms with Crippen LogP contribution in [0.1, 0.15) is 24.8 Å². The van der Waals surface area contributed by atoms with Crippen molar-refractivity contribution >= 4 is 11.6 Å². The summed E-state index contributed by atoms with van der Waals surface area (Å²) in [5.74, 6) is 0.704. The van der Waals surface area contributed by atoms with Crippen molar-refractivity contribution in [1.29, 1.82) is 0 Å². The van der Waals surface area contributed by atoms with Crippen LogP contribution in [-0.4, -0.2) is 0 Å². The Balaban J connectivity index is 2.13. The fourth-order valence-corrected chi connectivity index (χ4v) is 2.32. The molecule has 0 spiro atoms. The molecule has 1 aliphatic carbocycles. The SMILES string of the molecule is [CH2]CC1CC(N)(c2ccc(Cl)cc2)C1. The van der Waals surface area contributed by atoms with Gasteiger partial charge in [-0.25, -0.2) is 0 Å². The summed E-state index contributed by atoms with van der Waals surface area (Å²) in [5, 5.41) is 0.769. The highest BCUT2D eigenvalue weighted by molar-refractivity contribution is 6.30. The van der Waals surface area contributed by atoms with E-state index in [4.69, 9.17) is 17.3 Å². The van der Waals surface area contributed by atoms with E-state index in [0.29, 0.717) is 5.92 Å². The van der Waals surface area contributed by atoms with Crippen LogP contribution in [0.25, 0.3) is 0 Å². The molecule has 14 heavy (non-hydrogen) atoms. The summed E-state index contributed by atoms with van der Waals surface area (Å²) in [7, 11) is 0. The molecule has 1 radical (unpaired) electrons. The molecule has 1 aromatic carbocycles. The monoisotopic (exact) mass is 208 g/mol. The Bertz CT molecular complexity index is 312. The van der Waals surface area contributed by atoms with Crippen LogP contribution in [0.2, 0.25) is 5.02 Å². The Morgan fingerprint density at radius 1 is 1.36 bits per heavy atom. The lowest BCUT2D eigenvalue weighted by atomic mass is 9.64. The fraction of sp³-hybridized carbons (Fsp3) is 0.417. The Labute approximate surface area is 90.3 Å². The second kappa shape index (κ2) is 3.56. The van der Waals surface area contributed by atoms with Crippen LogP contribution < -0.4 is 5.73 Å². The molecule has 2 rings (SSSR count). The van der Waals surface area contributed by atoms with E-state index in [9.17, 15) is 0 Å². The lowest BCUT2D eigenvalue weighted by Crippen LogP contribution is -2.48. The summed E-state index contributed by atoms with van der Waals surface area (Å²) < 4.78 is 0. The average molecular weight is 209 g/mol. The number of hydrogen-bond acceptors (Lipinski definition) is 1. The van der Waals surface area contributed by atoms with Crippen LogP contribution in [0.4, 0.5) is 0 Å². The molecule has 1 nitrogen and oxygen atoms in total. The van der Waals surface area contributed by atoms with Gasteiger partial charge in [-0.15, -0.1) is 0 Å². The lowest BCUT2D eigenvalue weighted by molar-refractivity contribution is 0.149. The van der Waals surface area contributed by atoms with Gasteiger partial charge in [-0.05, 0) is 36.5 Å². The van der Waals surface area contributed by atoms with Gasteiger partial charge in [0.2, 0.25) is 0 Å². The molecule has 0 saturated heterocycles. The predicted octanol–water partition coefficient (Wildman–Crippen LogP) is 3.13. The minimum absolute atomic E-state index is 0.118. The maximum atomic E-state index is 6.27. The highest BCUT2D eigenvalue weighted by Gasteiger charge is 2.40. The molecule has 0 unspecified atom stereocenters. The quantitative estimate of drug-likeness (QED) is 0.794. The van der Waals surface area contributed by atoms with Gasteiger partial charge in [-0.3, -0.25) is 0 Å². The molecule has 0 heterocycles. The van der Waals surface area contributed by atoms with E-state index in [1.807, 2.05) is 24.3 Å². The Hall–Kier alpha value is -0.530. The average Bonchev–Trinajstić information content (AvgIpc) is 2.14. The first kappa shape index (κ1) is 10.0. The highest BCUT2D eigenvalue weighted by atomic mass is 35.5. The summed E-state index contributed by atoms with van der Waals surface area (Å²) in [6, 6.07) is 7.87. The van der Waals surface area contributed by atoms with Gasteiger partial charge in [0.1, 0.15) is 0 Å². The molecule has 2 N–H and O–H groups in total. The summed E-state index contributed by atoms with van der Waals surface area (Å²) in [6.07, 6.45) is 3.10. The van der Waals surface area contributed by atoms with Crippen LogP contribution >= 0.6 is 11.6 Å². The van der Waals surface area contributed by atoms with Crippen LogP contribution in [0.3, 0.4) is 0 Å². The summed E-state index contributed by atoms with van der Waals surface area (Å²) >= 11 is 5.83. The van der Waals surface area contributed by atoms with E-state index in [1.54, 1.807) is 0 Å². The zero-order valence-electron chi connectivity index (χ0n) is 8.17. The first-order chi connectivity index (χ1) is 6.64. The minimum atomic E-state index is -0.118. The van der Waals surface area contributed by atoms with Gasteiger partial charge < -0.3 is 5.73 Å². The molecule has 1 aromatic rings. The Morgan fingerprint density at radius 2 is 1.93 bits per heavy atom. The standard InChI is InChI=1S/C12H15ClN/c1-2-9-7-12(14,8-9)10-3-5-11(13)6-4-10/h3-6,9H,1-2,7-8,14H2. The second-order valence-electron chi connectivity index (χ2n) is 4.23. The van der Waals surface area contributed by atoms with E-state index >= 15 is 0 Å². The van der Waals surface area contributed by atoms with Crippen molar-refractivity contribution in [2.45, 2.75) is 24.8 Å². The largest absolute Gasteiger partial charge is 0.321 e. The van der Waals surface area contributed by atoms with Gasteiger partial charge >= 0.3 is 0 Å². The van der Waals surface area contributed by atoms with E-state index in [-0.39, 0.29) is 5.54 Å². The van der Waals surface area contributed by atoms with Crippen LogP contribution in [0, 0.1) is 12.8 Å². The molecule has 0 aromatic heterocycles. The molecular formula is C12H15ClN. The zero-order valence-corrected chi connectivity index (χ0v) is 8.93. The fourth-order valence-electron chi connectivity index (χ4n) is 2.19. The van der Waals surface area contributed by atoms with Crippen molar-refractivity contribution in [1.82, 2.24) is 0 Å². The van der Waals surface area contributed by atoms with Gasteiger partial charge in [0.15, 0.2) is 0 Å². The van der Waals surface area contributed by atoms with Gasteiger partial charge in [0.25, 0.3) is 0 Å². The van der Waals surface area contributed by atoms with Crippen molar-refractivity contribution in [3.8, 4) is 0 Å². The molecular weight excluding hydrogens is 194 g/mol. The molecule has 2 heteroatoms. The summed E-state index contributed by atoms with van der Waals surface area (Å²) in [4.78, 5) is 0. The number of hydrogen-bond donors (Lipinski definition) is 1. The van der Waals surface area contributed by atoms with Crippen LogP contribution in [-0.2, 0) is 5.54 Å². The number of halogens is 1. The molecule has 1 fully saturated rings. The van der Waals surface area contributed by atoms with E-state index in [0.717, 1.165) is 24.3 Å². The smallest absolute Gasteiger partial charge is 0.0415 e. The first-order valence-corrected chi connectivity index (χ1v) is 5.36. The van der Waals surface area contributed by atoms with Crippen LogP contribution in [0.15, 0.2) is 24.3 Å². The van der Waals surface area contributed by atoms with E-state index < -0.39 is 0 Å². The number of rotatable bonds is 2. The van der Waals surface area contributed by atoms with Gasteiger partial charge in [0.05, 0.1) is 0 Å². The molecule has 1 saturated carbocycles.